The SMILES string of the molecule is O=C(CCC(=O)N1CCN(c2nsc3ccccc23)CC1)NCc1ccncc1. The van der Waals surface area contributed by atoms with Gasteiger partial charge in [-0.25, -0.2) is 0 Å². The number of rotatable bonds is 6. The minimum atomic E-state index is -0.109. The van der Waals surface area contributed by atoms with Crippen molar-refractivity contribution >= 4 is 39.3 Å². The molecule has 29 heavy (non-hydrogen) atoms. The minimum absolute atomic E-state index is 0.0341. The lowest BCUT2D eigenvalue weighted by Crippen LogP contribution is -2.49. The van der Waals surface area contributed by atoms with Crippen LogP contribution in [0.2, 0.25) is 0 Å². The number of benzene rings is 1. The number of nitrogens with zero attached hydrogens (tertiary/aromatic N) is 4. The molecule has 0 aliphatic carbocycles. The summed E-state index contributed by atoms with van der Waals surface area (Å²) in [5.41, 5.74) is 0.991. The van der Waals surface area contributed by atoms with Gasteiger partial charge in [-0.1, -0.05) is 12.1 Å². The van der Waals surface area contributed by atoms with Crippen LogP contribution in [0.3, 0.4) is 0 Å². The quantitative estimate of drug-likeness (QED) is 0.677. The number of aromatic nitrogens is 2. The van der Waals surface area contributed by atoms with Gasteiger partial charge in [0.2, 0.25) is 11.8 Å². The number of nitrogens with one attached hydrogen (secondary N) is 1. The second-order valence-corrected chi connectivity index (χ2v) is 7.81. The van der Waals surface area contributed by atoms with Crippen LogP contribution in [0.25, 0.3) is 10.1 Å². The van der Waals surface area contributed by atoms with E-state index in [0.717, 1.165) is 24.5 Å². The molecule has 2 aromatic heterocycles. The van der Waals surface area contributed by atoms with Crippen LogP contribution in [0.4, 0.5) is 5.82 Å². The van der Waals surface area contributed by atoms with Crippen molar-refractivity contribution in [2.75, 3.05) is 31.1 Å². The summed E-state index contributed by atoms with van der Waals surface area (Å²) >= 11 is 1.51. The van der Waals surface area contributed by atoms with Gasteiger partial charge in [0, 0.05) is 63.3 Å². The van der Waals surface area contributed by atoms with Gasteiger partial charge < -0.3 is 15.1 Å². The largest absolute Gasteiger partial charge is 0.352 e. The fraction of sp³-hybridized carbons (Fsp3) is 0.333. The van der Waals surface area contributed by atoms with Gasteiger partial charge in [-0.2, -0.15) is 4.37 Å². The molecule has 3 aromatic rings. The second-order valence-electron chi connectivity index (χ2n) is 7.00. The standard InChI is InChI=1S/C21H23N5O2S/c27-19(23-15-16-7-9-22-10-8-16)5-6-20(28)25-11-13-26(14-12-25)21-17-3-1-2-4-18(17)29-24-21/h1-4,7-10H,5-6,11-15H2,(H,23,27). The van der Waals surface area contributed by atoms with E-state index in [9.17, 15) is 9.59 Å². The molecule has 4 rings (SSSR count). The third-order valence-electron chi connectivity index (χ3n) is 5.10. The molecule has 1 saturated heterocycles. The molecule has 1 aromatic carbocycles. The summed E-state index contributed by atoms with van der Waals surface area (Å²) in [5, 5.41) is 4.02. The highest BCUT2D eigenvalue weighted by atomic mass is 32.1. The van der Waals surface area contributed by atoms with E-state index in [2.05, 4.69) is 31.7 Å². The highest BCUT2D eigenvalue weighted by Gasteiger charge is 2.23. The van der Waals surface area contributed by atoms with E-state index in [0.29, 0.717) is 19.6 Å². The first-order valence-electron chi connectivity index (χ1n) is 9.73. The fourth-order valence-electron chi connectivity index (χ4n) is 3.44. The van der Waals surface area contributed by atoms with Crippen LogP contribution in [0.1, 0.15) is 18.4 Å². The second kappa shape index (κ2) is 9.00. The van der Waals surface area contributed by atoms with E-state index in [1.54, 1.807) is 12.4 Å². The molecule has 1 N–H and O–H groups in total. The molecular formula is C21H23N5O2S. The first kappa shape index (κ1) is 19.3. The average molecular weight is 410 g/mol. The highest BCUT2D eigenvalue weighted by molar-refractivity contribution is 7.13. The smallest absolute Gasteiger partial charge is 0.223 e. The van der Waals surface area contributed by atoms with Gasteiger partial charge in [-0.05, 0) is 41.4 Å². The summed E-state index contributed by atoms with van der Waals surface area (Å²) in [4.78, 5) is 32.5. The number of hydrogen-bond donors (Lipinski definition) is 1. The topological polar surface area (TPSA) is 78.4 Å². The van der Waals surface area contributed by atoms with E-state index in [1.807, 2.05) is 29.2 Å². The van der Waals surface area contributed by atoms with Gasteiger partial charge in [0.05, 0.1) is 4.70 Å². The Labute approximate surface area is 173 Å². The van der Waals surface area contributed by atoms with Gasteiger partial charge in [0.25, 0.3) is 0 Å². The summed E-state index contributed by atoms with van der Waals surface area (Å²) in [7, 11) is 0. The Morgan fingerprint density at radius 3 is 2.55 bits per heavy atom. The Hall–Kier alpha value is -3.00. The number of piperazine rings is 1. The van der Waals surface area contributed by atoms with Gasteiger partial charge >= 0.3 is 0 Å². The van der Waals surface area contributed by atoms with Crippen LogP contribution >= 0.6 is 11.5 Å². The summed E-state index contributed by atoms with van der Waals surface area (Å²) in [6.07, 6.45) is 3.83. The zero-order valence-electron chi connectivity index (χ0n) is 16.1. The summed E-state index contributed by atoms with van der Waals surface area (Å²) in [5.74, 6) is 0.933. The zero-order chi connectivity index (χ0) is 20.1. The van der Waals surface area contributed by atoms with Crippen molar-refractivity contribution < 1.29 is 9.59 Å². The number of hydrogen-bond acceptors (Lipinski definition) is 6. The number of anilines is 1. The maximum Gasteiger partial charge on any atom is 0.223 e. The Morgan fingerprint density at radius 1 is 1.00 bits per heavy atom. The molecule has 150 valence electrons. The lowest BCUT2D eigenvalue weighted by Gasteiger charge is -2.35. The molecule has 8 heteroatoms. The third-order valence-corrected chi connectivity index (χ3v) is 5.91. The molecule has 0 bridgehead atoms. The van der Waals surface area contributed by atoms with Gasteiger partial charge in [0.15, 0.2) is 0 Å². The van der Waals surface area contributed by atoms with Crippen molar-refractivity contribution in [3.8, 4) is 0 Å². The average Bonchev–Trinajstić information content (AvgIpc) is 3.21. The van der Waals surface area contributed by atoms with Crippen LogP contribution in [-0.2, 0) is 16.1 Å². The van der Waals surface area contributed by atoms with E-state index >= 15 is 0 Å². The predicted octanol–water partition coefficient (Wildman–Crippen LogP) is 2.44. The van der Waals surface area contributed by atoms with Crippen molar-refractivity contribution in [3.05, 3.63) is 54.4 Å². The van der Waals surface area contributed by atoms with Crippen LogP contribution < -0.4 is 10.2 Å². The molecule has 1 fully saturated rings. The normalized spacial score (nSPS) is 14.2. The summed E-state index contributed by atoms with van der Waals surface area (Å²) in [6, 6.07) is 11.9. The Morgan fingerprint density at radius 2 is 1.76 bits per heavy atom. The number of pyridine rings is 1. The zero-order valence-corrected chi connectivity index (χ0v) is 16.9. The monoisotopic (exact) mass is 409 g/mol. The number of carbonyl (C=O) groups is 2. The highest BCUT2D eigenvalue weighted by Crippen LogP contribution is 2.29. The van der Waals surface area contributed by atoms with Crippen molar-refractivity contribution in [1.82, 2.24) is 19.6 Å². The van der Waals surface area contributed by atoms with Gasteiger partial charge in [-0.3, -0.25) is 14.6 Å². The van der Waals surface area contributed by atoms with Crippen molar-refractivity contribution in [2.45, 2.75) is 19.4 Å². The van der Waals surface area contributed by atoms with Crippen LogP contribution in [0.5, 0.6) is 0 Å². The van der Waals surface area contributed by atoms with Crippen LogP contribution in [-0.4, -0.2) is 52.3 Å². The molecule has 1 aliphatic heterocycles. The van der Waals surface area contributed by atoms with Gasteiger partial charge in [0.1, 0.15) is 5.82 Å². The third kappa shape index (κ3) is 4.71. The lowest BCUT2D eigenvalue weighted by atomic mass is 10.2. The molecule has 1 aliphatic rings. The molecule has 0 unspecified atom stereocenters. The van der Waals surface area contributed by atoms with Crippen LogP contribution in [0.15, 0.2) is 48.8 Å². The molecule has 0 spiro atoms. The molecule has 3 heterocycles. The first-order chi connectivity index (χ1) is 14.2. The molecule has 0 saturated carbocycles. The fourth-order valence-corrected chi connectivity index (χ4v) is 4.23. The van der Waals surface area contributed by atoms with E-state index in [-0.39, 0.29) is 24.7 Å². The van der Waals surface area contributed by atoms with Crippen molar-refractivity contribution in [1.29, 1.82) is 0 Å². The Bertz CT molecular complexity index is 983. The Kier molecular flexibility index (Phi) is 6.00. The maximum absolute atomic E-state index is 12.5. The first-order valence-corrected chi connectivity index (χ1v) is 10.5. The summed E-state index contributed by atoms with van der Waals surface area (Å²) < 4.78 is 5.78. The molecule has 0 radical (unpaired) electrons. The maximum atomic E-state index is 12.5. The Balaban J connectivity index is 1.22. The minimum Gasteiger partial charge on any atom is -0.352 e. The predicted molar refractivity (Wildman–Crippen MR) is 114 cm³/mol. The molecular weight excluding hydrogens is 386 g/mol. The van der Waals surface area contributed by atoms with Crippen LogP contribution in [0, 0.1) is 0 Å². The molecule has 7 nitrogen and oxygen atoms in total. The van der Waals surface area contributed by atoms with E-state index in [1.165, 1.54) is 21.6 Å². The van der Waals surface area contributed by atoms with Crippen molar-refractivity contribution in [3.63, 3.8) is 0 Å². The molecule has 2 amide bonds. The lowest BCUT2D eigenvalue weighted by molar-refractivity contribution is -0.133. The summed E-state index contributed by atoms with van der Waals surface area (Å²) in [6.45, 7) is 3.28. The van der Waals surface area contributed by atoms with E-state index < -0.39 is 0 Å². The number of carbonyl (C=O) groups excluding carboxylic acids is 2. The number of amides is 2. The molecule has 0 atom stereocenters. The van der Waals surface area contributed by atoms with Gasteiger partial charge in [-0.15, -0.1) is 0 Å². The van der Waals surface area contributed by atoms with Crippen molar-refractivity contribution in [2.24, 2.45) is 0 Å². The number of fused-ring (bicyclic) bond motifs is 1. The van der Waals surface area contributed by atoms with E-state index in [4.69, 9.17) is 0 Å².